The van der Waals surface area contributed by atoms with Gasteiger partial charge < -0.3 is 9.32 Å². The monoisotopic (exact) mass is 467 g/mol. The molecular weight excluding hydrogens is 443 g/mol. The lowest BCUT2D eigenvalue weighted by molar-refractivity contribution is -0.146. The molecule has 0 aromatic heterocycles. The van der Waals surface area contributed by atoms with Gasteiger partial charge in [0.15, 0.2) is 16.8 Å². The van der Waals surface area contributed by atoms with E-state index in [4.69, 9.17) is 9.40 Å². The molecule has 5 rings (SSSR count). The summed E-state index contributed by atoms with van der Waals surface area (Å²) in [5.74, 6) is 0.459. The molecule has 0 amide bonds. The highest BCUT2D eigenvalue weighted by molar-refractivity contribution is 5.86. The van der Waals surface area contributed by atoms with Crippen molar-refractivity contribution in [3.63, 3.8) is 0 Å². The molecule has 1 saturated heterocycles. The number of aromatic nitrogens is 1. The highest BCUT2D eigenvalue weighted by atomic mass is 19.4. The first-order valence-electron chi connectivity index (χ1n) is 11.2. The Bertz CT molecular complexity index is 1370. The lowest BCUT2D eigenvalue weighted by atomic mass is 9.93. The van der Waals surface area contributed by atoms with Gasteiger partial charge in [-0.05, 0) is 49.2 Å². The maximum absolute atomic E-state index is 13.3. The molecule has 0 unspecified atom stereocenters. The summed E-state index contributed by atoms with van der Waals surface area (Å²) in [5, 5.41) is 0. The largest absolute Gasteiger partial charge is 0.452 e. The predicted molar refractivity (Wildman–Crippen MR) is 127 cm³/mol. The van der Waals surface area contributed by atoms with Crippen LogP contribution in [0.4, 0.5) is 18.9 Å². The molecule has 1 fully saturated rings. The van der Waals surface area contributed by atoms with Crippen molar-refractivity contribution < 1.29 is 17.6 Å². The Morgan fingerprint density at radius 3 is 2.29 bits per heavy atom. The number of alkyl halides is 3. The van der Waals surface area contributed by atoms with E-state index in [1.807, 2.05) is 55.5 Å². The Hall–Kier alpha value is -3.39. The van der Waals surface area contributed by atoms with Gasteiger partial charge in [0.25, 0.3) is 0 Å². The van der Waals surface area contributed by atoms with Gasteiger partial charge in [0.1, 0.15) is 11.2 Å². The molecular formula is C26H24F3N3O2. The number of benzene rings is 3. The third kappa shape index (κ3) is 4.14. The zero-order valence-electron chi connectivity index (χ0n) is 18.9. The van der Waals surface area contributed by atoms with E-state index < -0.39 is 12.7 Å². The van der Waals surface area contributed by atoms with Gasteiger partial charge in [-0.3, -0.25) is 9.69 Å². The molecule has 0 bridgehead atoms. The van der Waals surface area contributed by atoms with E-state index in [-0.39, 0.29) is 5.43 Å². The highest BCUT2D eigenvalue weighted by Gasteiger charge is 2.32. The minimum atomic E-state index is -4.18. The predicted octanol–water partition coefficient (Wildman–Crippen LogP) is 5.26. The standard InChI is InChI=1S/C26H24F3N3O2/c1-16-17(2)24(33)22(25-23(16)30-20-5-3-4-6-21(20)34-25)18-7-9-19(10-8-18)32-13-11-31(12-14-32)15-26(27,28)29/h3-10H,11-15H2,1-2H3. The fourth-order valence-corrected chi connectivity index (χ4v) is 4.55. The fourth-order valence-electron chi connectivity index (χ4n) is 4.55. The lowest BCUT2D eigenvalue weighted by Gasteiger charge is -2.36. The molecule has 0 N–H and O–H groups in total. The number of rotatable bonds is 3. The van der Waals surface area contributed by atoms with Crippen molar-refractivity contribution in [2.24, 2.45) is 0 Å². The van der Waals surface area contributed by atoms with Crippen LogP contribution >= 0.6 is 0 Å². The Morgan fingerprint density at radius 1 is 0.941 bits per heavy atom. The summed E-state index contributed by atoms with van der Waals surface area (Å²) in [4.78, 5) is 21.5. The third-order valence-corrected chi connectivity index (χ3v) is 6.53. The molecule has 2 aromatic rings. The Morgan fingerprint density at radius 2 is 1.62 bits per heavy atom. The summed E-state index contributed by atoms with van der Waals surface area (Å²) in [5.41, 5.74) is 5.43. The second kappa shape index (κ2) is 8.43. The Labute approximate surface area is 194 Å². The van der Waals surface area contributed by atoms with Crippen molar-refractivity contribution in [3.05, 3.63) is 69.9 Å². The van der Waals surface area contributed by atoms with Crippen molar-refractivity contribution in [2.45, 2.75) is 20.0 Å². The zero-order valence-corrected chi connectivity index (χ0v) is 18.9. The van der Waals surface area contributed by atoms with Crippen LogP contribution in [0.25, 0.3) is 33.7 Å². The summed E-state index contributed by atoms with van der Waals surface area (Å²) in [6, 6.07) is 15.0. The Balaban J connectivity index is 1.48. The third-order valence-electron chi connectivity index (χ3n) is 6.53. The molecule has 0 spiro atoms. The number of piperazine rings is 1. The van der Waals surface area contributed by atoms with E-state index in [0.717, 1.165) is 22.3 Å². The maximum Gasteiger partial charge on any atom is 0.401 e. The van der Waals surface area contributed by atoms with Crippen molar-refractivity contribution in [3.8, 4) is 22.6 Å². The number of para-hydroxylation sites is 2. The molecule has 0 radical (unpaired) electrons. The van der Waals surface area contributed by atoms with E-state index in [1.165, 1.54) is 4.90 Å². The van der Waals surface area contributed by atoms with Crippen LogP contribution in [0, 0.1) is 13.8 Å². The second-order valence-electron chi connectivity index (χ2n) is 8.74. The molecule has 8 heteroatoms. The van der Waals surface area contributed by atoms with Crippen molar-refractivity contribution in [1.82, 2.24) is 9.88 Å². The normalized spacial score (nSPS) is 15.4. The van der Waals surface area contributed by atoms with Crippen molar-refractivity contribution in [2.75, 3.05) is 37.6 Å². The van der Waals surface area contributed by atoms with Gasteiger partial charge >= 0.3 is 6.18 Å². The molecule has 5 nitrogen and oxygen atoms in total. The van der Waals surface area contributed by atoms with Gasteiger partial charge in [-0.15, -0.1) is 0 Å². The van der Waals surface area contributed by atoms with E-state index in [2.05, 4.69) is 4.90 Å². The number of hydrogen-bond donors (Lipinski definition) is 0. The molecule has 2 aromatic carbocycles. The van der Waals surface area contributed by atoms with Gasteiger partial charge in [0.05, 0.1) is 12.1 Å². The fraction of sp³-hybridized carbons (Fsp3) is 0.308. The molecule has 0 atom stereocenters. The molecule has 2 heterocycles. The minimum Gasteiger partial charge on any atom is -0.452 e. The number of hydrogen-bond acceptors (Lipinski definition) is 5. The van der Waals surface area contributed by atoms with Gasteiger partial charge in [0, 0.05) is 37.4 Å². The summed E-state index contributed by atoms with van der Waals surface area (Å²) in [6.07, 6.45) is -4.18. The number of fused-ring (bicyclic) bond motifs is 2. The summed E-state index contributed by atoms with van der Waals surface area (Å²) < 4.78 is 44.1. The van der Waals surface area contributed by atoms with Crippen LogP contribution in [0.5, 0.6) is 0 Å². The number of nitrogens with zero attached hydrogens (tertiary/aromatic N) is 3. The van der Waals surface area contributed by atoms with Gasteiger partial charge in [-0.25, -0.2) is 4.98 Å². The molecule has 1 aliphatic carbocycles. The second-order valence-corrected chi connectivity index (χ2v) is 8.74. The lowest BCUT2D eigenvalue weighted by Crippen LogP contribution is -2.49. The van der Waals surface area contributed by atoms with Gasteiger partial charge in [-0.2, -0.15) is 13.2 Å². The summed E-state index contributed by atoms with van der Waals surface area (Å²) in [6.45, 7) is 4.53. The van der Waals surface area contributed by atoms with Crippen LogP contribution in [0.15, 0.2) is 57.7 Å². The van der Waals surface area contributed by atoms with Crippen LogP contribution in [0.3, 0.4) is 0 Å². The highest BCUT2D eigenvalue weighted by Crippen LogP contribution is 2.36. The van der Waals surface area contributed by atoms with Crippen LogP contribution in [-0.4, -0.2) is 48.8 Å². The Kier molecular flexibility index (Phi) is 5.56. The first-order valence-corrected chi connectivity index (χ1v) is 11.2. The molecule has 3 aliphatic rings. The van der Waals surface area contributed by atoms with Crippen LogP contribution in [0.1, 0.15) is 11.1 Å². The van der Waals surface area contributed by atoms with E-state index in [0.29, 0.717) is 54.3 Å². The molecule has 2 aliphatic heterocycles. The average Bonchev–Trinajstić information content (AvgIpc) is 2.82. The van der Waals surface area contributed by atoms with Crippen LogP contribution in [0.2, 0.25) is 0 Å². The zero-order chi connectivity index (χ0) is 24.0. The average molecular weight is 467 g/mol. The summed E-state index contributed by atoms with van der Waals surface area (Å²) >= 11 is 0. The molecule has 34 heavy (non-hydrogen) atoms. The van der Waals surface area contributed by atoms with Gasteiger partial charge in [0.2, 0.25) is 0 Å². The quantitative estimate of drug-likeness (QED) is 0.385. The van der Waals surface area contributed by atoms with E-state index in [9.17, 15) is 18.0 Å². The van der Waals surface area contributed by atoms with Crippen LogP contribution < -0.4 is 10.3 Å². The minimum absolute atomic E-state index is 0.0978. The molecule has 176 valence electrons. The van der Waals surface area contributed by atoms with E-state index in [1.54, 1.807) is 6.92 Å². The van der Waals surface area contributed by atoms with Crippen molar-refractivity contribution in [1.29, 1.82) is 0 Å². The number of halogens is 3. The van der Waals surface area contributed by atoms with Crippen LogP contribution in [-0.2, 0) is 0 Å². The number of anilines is 1. The van der Waals surface area contributed by atoms with E-state index >= 15 is 0 Å². The smallest absolute Gasteiger partial charge is 0.401 e. The molecule has 0 saturated carbocycles. The maximum atomic E-state index is 13.3. The topological polar surface area (TPSA) is 49.6 Å². The summed E-state index contributed by atoms with van der Waals surface area (Å²) in [7, 11) is 0. The first kappa shape index (κ1) is 22.4. The SMILES string of the molecule is Cc1c2nc3ccccc3oc-2c(-c2ccc(N3CCN(CC(F)(F)F)CC3)cc2)c(=O)c1C. The van der Waals surface area contributed by atoms with Crippen molar-refractivity contribution >= 4 is 16.8 Å². The first-order chi connectivity index (χ1) is 16.2. The van der Waals surface area contributed by atoms with Gasteiger partial charge in [-0.1, -0.05) is 24.3 Å².